The van der Waals surface area contributed by atoms with Crippen molar-refractivity contribution in [3.63, 3.8) is 0 Å². The molecule has 0 atom stereocenters. The number of nitrogens with one attached hydrogen (secondary N) is 2. The average Bonchev–Trinajstić information content (AvgIpc) is 2.56. The third kappa shape index (κ3) is 3.61. The Balaban J connectivity index is 2.11. The van der Waals surface area contributed by atoms with Crippen LogP contribution in [-0.2, 0) is 13.0 Å². The molecule has 1 amide bonds. The van der Waals surface area contributed by atoms with Gasteiger partial charge in [-0.05, 0) is 49.3 Å². The molecular weight excluding hydrogens is 280 g/mol. The summed E-state index contributed by atoms with van der Waals surface area (Å²) in [6.45, 7) is 6.96. The van der Waals surface area contributed by atoms with E-state index in [2.05, 4.69) is 36.8 Å². The van der Waals surface area contributed by atoms with E-state index in [4.69, 9.17) is 0 Å². The zero-order chi connectivity index (χ0) is 15.3. The molecule has 1 aromatic carbocycles. The summed E-state index contributed by atoms with van der Waals surface area (Å²) in [5.74, 6) is 0.0778. The molecule has 0 aromatic heterocycles. The van der Waals surface area contributed by atoms with Gasteiger partial charge in [0.2, 0.25) is 0 Å². The van der Waals surface area contributed by atoms with Gasteiger partial charge in [0.05, 0.1) is 0 Å². The Labute approximate surface area is 132 Å². The molecule has 1 aliphatic heterocycles. The van der Waals surface area contributed by atoms with Crippen LogP contribution in [0.15, 0.2) is 18.2 Å². The first kappa shape index (κ1) is 16.4. The van der Waals surface area contributed by atoms with Crippen LogP contribution in [0.25, 0.3) is 0 Å². The Hall–Kier alpha value is -1.00. The number of fused-ring (bicyclic) bond motifs is 1. The highest BCUT2D eigenvalue weighted by Crippen LogP contribution is 2.29. The maximum absolute atomic E-state index is 12.6. The third-order valence-electron chi connectivity index (χ3n) is 4.68. The molecule has 116 valence electrons. The van der Waals surface area contributed by atoms with E-state index in [-0.39, 0.29) is 10.7 Å². The summed E-state index contributed by atoms with van der Waals surface area (Å²) in [5.41, 5.74) is 3.34. The lowest BCUT2D eigenvalue weighted by Crippen LogP contribution is -2.40. The van der Waals surface area contributed by atoms with Crippen molar-refractivity contribution in [2.75, 3.05) is 19.3 Å². The highest BCUT2D eigenvalue weighted by Gasteiger charge is 2.26. The fraction of sp³-hybridized carbons (Fsp3) is 0.588. The van der Waals surface area contributed by atoms with Gasteiger partial charge in [-0.3, -0.25) is 4.79 Å². The second kappa shape index (κ2) is 7.32. The normalized spacial score (nSPS) is 14.6. The van der Waals surface area contributed by atoms with Gasteiger partial charge in [0, 0.05) is 23.4 Å². The van der Waals surface area contributed by atoms with Crippen molar-refractivity contribution in [1.29, 1.82) is 0 Å². The maximum atomic E-state index is 12.6. The van der Waals surface area contributed by atoms with Crippen LogP contribution in [-0.4, -0.2) is 30.0 Å². The number of rotatable bonds is 6. The SMILES string of the molecule is CCC(CC)(CNC(=O)c1cccc2c1CCNC2)SC. The van der Waals surface area contributed by atoms with Crippen molar-refractivity contribution in [3.05, 3.63) is 34.9 Å². The molecule has 0 saturated heterocycles. The minimum atomic E-state index is 0.0778. The molecule has 1 heterocycles. The monoisotopic (exact) mass is 306 g/mol. The van der Waals surface area contributed by atoms with Crippen molar-refractivity contribution in [1.82, 2.24) is 10.6 Å². The molecule has 0 saturated carbocycles. The molecule has 3 nitrogen and oxygen atoms in total. The van der Waals surface area contributed by atoms with E-state index in [9.17, 15) is 4.79 Å². The van der Waals surface area contributed by atoms with Crippen LogP contribution in [0.4, 0.5) is 0 Å². The Bertz CT molecular complexity index is 489. The van der Waals surface area contributed by atoms with Crippen molar-refractivity contribution >= 4 is 17.7 Å². The fourth-order valence-corrected chi connectivity index (χ4v) is 3.74. The fourth-order valence-electron chi connectivity index (χ4n) is 2.94. The summed E-state index contributed by atoms with van der Waals surface area (Å²) < 4.78 is 0.159. The highest BCUT2D eigenvalue weighted by molar-refractivity contribution is 8.00. The number of hydrogen-bond acceptors (Lipinski definition) is 3. The van der Waals surface area contributed by atoms with Gasteiger partial charge in [0.1, 0.15) is 0 Å². The molecule has 0 unspecified atom stereocenters. The van der Waals surface area contributed by atoms with Gasteiger partial charge < -0.3 is 10.6 Å². The smallest absolute Gasteiger partial charge is 0.251 e. The van der Waals surface area contributed by atoms with Crippen LogP contribution in [0.1, 0.15) is 48.2 Å². The summed E-state index contributed by atoms with van der Waals surface area (Å²) >= 11 is 1.86. The van der Waals surface area contributed by atoms with Crippen LogP contribution < -0.4 is 10.6 Å². The largest absolute Gasteiger partial charge is 0.351 e. The Kier molecular flexibility index (Phi) is 5.71. The van der Waals surface area contributed by atoms with E-state index in [0.717, 1.165) is 44.5 Å². The van der Waals surface area contributed by atoms with Crippen molar-refractivity contribution in [2.45, 2.75) is 44.4 Å². The minimum Gasteiger partial charge on any atom is -0.351 e. The molecule has 1 aromatic rings. The van der Waals surface area contributed by atoms with E-state index >= 15 is 0 Å². The van der Waals surface area contributed by atoms with Gasteiger partial charge in [-0.2, -0.15) is 11.8 Å². The standard InChI is InChI=1S/C17H26N2OS/c1-4-17(5-2,21-3)12-19-16(20)15-8-6-7-13-11-18-10-9-14(13)15/h6-8,18H,4-5,9-12H2,1-3H3,(H,19,20). The van der Waals surface area contributed by atoms with E-state index < -0.39 is 0 Å². The molecule has 0 radical (unpaired) electrons. The van der Waals surface area contributed by atoms with E-state index in [0.29, 0.717) is 0 Å². The lowest BCUT2D eigenvalue weighted by atomic mass is 9.94. The average molecular weight is 306 g/mol. The van der Waals surface area contributed by atoms with Gasteiger partial charge in [-0.25, -0.2) is 0 Å². The van der Waals surface area contributed by atoms with E-state index in [1.807, 2.05) is 23.9 Å². The number of carbonyl (C=O) groups is 1. The summed E-state index contributed by atoms with van der Waals surface area (Å²) in [6.07, 6.45) is 5.22. The highest BCUT2D eigenvalue weighted by atomic mass is 32.2. The van der Waals surface area contributed by atoms with Crippen molar-refractivity contribution in [3.8, 4) is 0 Å². The van der Waals surface area contributed by atoms with Gasteiger partial charge >= 0.3 is 0 Å². The molecule has 0 bridgehead atoms. The first-order valence-electron chi connectivity index (χ1n) is 7.80. The number of benzene rings is 1. The first-order valence-corrected chi connectivity index (χ1v) is 9.03. The molecule has 4 heteroatoms. The van der Waals surface area contributed by atoms with Crippen LogP contribution in [0, 0.1) is 0 Å². The number of thioether (sulfide) groups is 1. The van der Waals surface area contributed by atoms with E-state index in [1.165, 1.54) is 11.1 Å². The summed E-state index contributed by atoms with van der Waals surface area (Å²) in [7, 11) is 0. The lowest BCUT2D eigenvalue weighted by molar-refractivity contribution is 0.0947. The molecule has 0 spiro atoms. The molecule has 2 N–H and O–H groups in total. The number of amides is 1. The molecular formula is C17H26N2OS. The van der Waals surface area contributed by atoms with Gasteiger partial charge in [-0.1, -0.05) is 26.0 Å². The van der Waals surface area contributed by atoms with Gasteiger partial charge in [0.25, 0.3) is 5.91 Å². The van der Waals surface area contributed by atoms with E-state index in [1.54, 1.807) is 0 Å². The molecule has 2 rings (SSSR count). The quantitative estimate of drug-likeness (QED) is 0.849. The second-order valence-electron chi connectivity index (χ2n) is 5.65. The van der Waals surface area contributed by atoms with Crippen LogP contribution >= 0.6 is 11.8 Å². The topological polar surface area (TPSA) is 41.1 Å². The predicted molar refractivity (Wildman–Crippen MR) is 91.0 cm³/mol. The predicted octanol–water partition coefficient (Wildman–Crippen LogP) is 2.98. The number of hydrogen-bond donors (Lipinski definition) is 2. The minimum absolute atomic E-state index is 0.0778. The van der Waals surface area contributed by atoms with Gasteiger partial charge in [-0.15, -0.1) is 0 Å². The molecule has 1 aliphatic rings. The van der Waals surface area contributed by atoms with Gasteiger partial charge in [0.15, 0.2) is 0 Å². The summed E-state index contributed by atoms with van der Waals surface area (Å²) in [5, 5.41) is 6.52. The molecule has 21 heavy (non-hydrogen) atoms. The van der Waals surface area contributed by atoms with Crippen LogP contribution in [0.5, 0.6) is 0 Å². The zero-order valence-corrected chi connectivity index (χ0v) is 14.1. The van der Waals surface area contributed by atoms with Crippen LogP contribution in [0.2, 0.25) is 0 Å². The van der Waals surface area contributed by atoms with Crippen molar-refractivity contribution < 1.29 is 4.79 Å². The summed E-state index contributed by atoms with van der Waals surface area (Å²) in [4.78, 5) is 12.6. The number of carbonyl (C=O) groups excluding carboxylic acids is 1. The maximum Gasteiger partial charge on any atom is 0.251 e. The summed E-state index contributed by atoms with van der Waals surface area (Å²) in [6, 6.07) is 6.06. The molecule has 0 aliphatic carbocycles. The Morgan fingerprint density at radius 2 is 2.14 bits per heavy atom. The third-order valence-corrected chi connectivity index (χ3v) is 6.27. The lowest BCUT2D eigenvalue weighted by Gasteiger charge is -2.30. The zero-order valence-electron chi connectivity index (χ0n) is 13.3. The first-order chi connectivity index (χ1) is 10.2. The van der Waals surface area contributed by atoms with Crippen LogP contribution in [0.3, 0.4) is 0 Å². The Morgan fingerprint density at radius 3 is 2.81 bits per heavy atom. The van der Waals surface area contributed by atoms with Crippen molar-refractivity contribution in [2.24, 2.45) is 0 Å². The molecule has 0 fully saturated rings. The Morgan fingerprint density at radius 1 is 1.38 bits per heavy atom. The second-order valence-corrected chi connectivity index (χ2v) is 6.92.